The standard InChI is InChI=1S/C26H24FNO5/c1-2-3-13-32-18-9-6-8-17(15-18)24(29)22-23(20-11-4-5-12-21(20)27)28(26(31)25(22)30)16-19-10-7-14-33-19/h4-12,14-15,23,29H,2-3,13,16H2,1H3. The second-order valence-electron chi connectivity index (χ2n) is 7.76. The number of carbonyl (C=O) groups is 2. The number of aliphatic hydroxyl groups excluding tert-OH is 1. The molecule has 1 amide bonds. The highest BCUT2D eigenvalue weighted by molar-refractivity contribution is 6.46. The summed E-state index contributed by atoms with van der Waals surface area (Å²) < 4.78 is 25.9. The Morgan fingerprint density at radius 3 is 2.67 bits per heavy atom. The molecule has 2 heterocycles. The quantitative estimate of drug-likeness (QED) is 0.221. The van der Waals surface area contributed by atoms with Crippen LogP contribution in [0, 0.1) is 5.82 Å². The Balaban J connectivity index is 1.80. The van der Waals surface area contributed by atoms with Crippen LogP contribution in [0.4, 0.5) is 4.39 Å². The average Bonchev–Trinajstić information content (AvgIpc) is 3.42. The van der Waals surface area contributed by atoms with Gasteiger partial charge >= 0.3 is 0 Å². The van der Waals surface area contributed by atoms with Crippen molar-refractivity contribution in [1.82, 2.24) is 4.90 Å². The van der Waals surface area contributed by atoms with Crippen LogP contribution in [0.2, 0.25) is 0 Å². The topological polar surface area (TPSA) is 80.0 Å². The highest BCUT2D eigenvalue weighted by Crippen LogP contribution is 2.41. The zero-order valence-corrected chi connectivity index (χ0v) is 18.2. The van der Waals surface area contributed by atoms with Crippen molar-refractivity contribution in [3.63, 3.8) is 0 Å². The number of benzene rings is 2. The maximum absolute atomic E-state index is 14.8. The first kappa shape index (κ1) is 22.3. The van der Waals surface area contributed by atoms with Crippen molar-refractivity contribution in [1.29, 1.82) is 0 Å². The van der Waals surface area contributed by atoms with Gasteiger partial charge in [0.15, 0.2) is 0 Å². The Morgan fingerprint density at radius 1 is 1.12 bits per heavy atom. The number of ketones is 1. The van der Waals surface area contributed by atoms with Gasteiger partial charge in [-0.3, -0.25) is 9.59 Å². The molecule has 1 N–H and O–H groups in total. The van der Waals surface area contributed by atoms with Crippen LogP contribution in [0.1, 0.15) is 42.7 Å². The first-order chi connectivity index (χ1) is 16.0. The van der Waals surface area contributed by atoms with Crippen LogP contribution >= 0.6 is 0 Å². The lowest BCUT2D eigenvalue weighted by molar-refractivity contribution is -0.140. The number of rotatable bonds is 8. The number of furan rings is 1. The predicted molar refractivity (Wildman–Crippen MR) is 120 cm³/mol. The predicted octanol–water partition coefficient (Wildman–Crippen LogP) is 5.22. The summed E-state index contributed by atoms with van der Waals surface area (Å²) in [6, 6.07) is 14.8. The summed E-state index contributed by atoms with van der Waals surface area (Å²) in [5.74, 6) is -1.73. The second-order valence-corrected chi connectivity index (χ2v) is 7.76. The van der Waals surface area contributed by atoms with Gasteiger partial charge in [-0.1, -0.05) is 43.7 Å². The van der Waals surface area contributed by atoms with Gasteiger partial charge < -0.3 is 19.2 Å². The summed E-state index contributed by atoms with van der Waals surface area (Å²) >= 11 is 0. The molecule has 33 heavy (non-hydrogen) atoms. The highest BCUT2D eigenvalue weighted by atomic mass is 19.1. The minimum Gasteiger partial charge on any atom is -0.507 e. The molecule has 170 valence electrons. The van der Waals surface area contributed by atoms with Gasteiger partial charge in [0.2, 0.25) is 0 Å². The van der Waals surface area contributed by atoms with E-state index in [0.29, 0.717) is 23.7 Å². The van der Waals surface area contributed by atoms with Crippen molar-refractivity contribution in [3.8, 4) is 5.75 Å². The van der Waals surface area contributed by atoms with Crippen LogP contribution in [-0.2, 0) is 16.1 Å². The van der Waals surface area contributed by atoms with Crippen LogP contribution in [0.25, 0.3) is 5.76 Å². The summed E-state index contributed by atoms with van der Waals surface area (Å²) in [6.07, 6.45) is 3.30. The molecule has 1 fully saturated rings. The SMILES string of the molecule is CCCCOc1cccc(C(O)=C2C(=O)C(=O)N(Cc3ccco3)C2c2ccccc2F)c1. The van der Waals surface area contributed by atoms with E-state index >= 15 is 0 Å². The van der Waals surface area contributed by atoms with Crippen molar-refractivity contribution in [2.75, 3.05) is 6.61 Å². The zero-order valence-electron chi connectivity index (χ0n) is 18.2. The van der Waals surface area contributed by atoms with E-state index in [2.05, 4.69) is 6.92 Å². The Kier molecular flexibility index (Phi) is 6.58. The Labute approximate surface area is 190 Å². The molecule has 7 heteroatoms. The van der Waals surface area contributed by atoms with E-state index in [1.54, 1.807) is 42.5 Å². The number of Topliss-reactive ketones (excluding diaryl/α,β-unsaturated/α-hetero) is 1. The Morgan fingerprint density at radius 2 is 1.94 bits per heavy atom. The molecule has 4 rings (SSSR count). The van der Waals surface area contributed by atoms with Crippen LogP contribution in [0.15, 0.2) is 76.9 Å². The second kappa shape index (κ2) is 9.73. The van der Waals surface area contributed by atoms with E-state index in [1.165, 1.54) is 29.4 Å². The fourth-order valence-corrected chi connectivity index (χ4v) is 3.86. The number of carbonyl (C=O) groups excluding carboxylic acids is 2. The zero-order chi connectivity index (χ0) is 23.4. The fourth-order valence-electron chi connectivity index (χ4n) is 3.86. The molecule has 3 aromatic rings. The molecule has 2 aromatic carbocycles. The maximum atomic E-state index is 14.8. The largest absolute Gasteiger partial charge is 0.507 e. The molecule has 6 nitrogen and oxygen atoms in total. The third kappa shape index (κ3) is 4.53. The monoisotopic (exact) mass is 449 g/mol. The minimum absolute atomic E-state index is 0.0481. The number of hydrogen-bond donors (Lipinski definition) is 1. The summed E-state index contributed by atoms with van der Waals surface area (Å²) in [5.41, 5.74) is 0.240. The molecule has 1 saturated heterocycles. The summed E-state index contributed by atoms with van der Waals surface area (Å²) in [7, 11) is 0. The van der Waals surface area contributed by atoms with Gasteiger partial charge in [0, 0.05) is 11.1 Å². The molecule has 1 unspecified atom stereocenters. The van der Waals surface area contributed by atoms with Crippen molar-refractivity contribution in [3.05, 3.63) is 95.2 Å². The lowest BCUT2D eigenvalue weighted by Gasteiger charge is -2.24. The number of aliphatic hydroxyl groups is 1. The van der Waals surface area contributed by atoms with Crippen molar-refractivity contribution >= 4 is 17.4 Å². The smallest absolute Gasteiger partial charge is 0.296 e. The number of halogens is 1. The molecule has 1 aliphatic rings. The number of ether oxygens (including phenoxy) is 1. The van der Waals surface area contributed by atoms with Crippen LogP contribution in [0.3, 0.4) is 0 Å². The van der Waals surface area contributed by atoms with Gasteiger partial charge in [-0.2, -0.15) is 0 Å². The number of likely N-dealkylation sites (tertiary alicyclic amines) is 1. The summed E-state index contributed by atoms with van der Waals surface area (Å²) in [4.78, 5) is 27.2. The Hall–Kier alpha value is -3.87. The molecule has 1 atom stereocenters. The van der Waals surface area contributed by atoms with Gasteiger partial charge in [0.1, 0.15) is 23.1 Å². The Bertz CT molecular complexity index is 1180. The normalized spacial score (nSPS) is 17.5. The van der Waals surface area contributed by atoms with Crippen molar-refractivity contribution < 1.29 is 28.2 Å². The first-order valence-electron chi connectivity index (χ1n) is 10.8. The molecule has 0 radical (unpaired) electrons. The van der Waals surface area contributed by atoms with E-state index in [9.17, 15) is 19.1 Å². The minimum atomic E-state index is -1.11. The third-order valence-corrected chi connectivity index (χ3v) is 5.52. The van der Waals surface area contributed by atoms with E-state index in [1.807, 2.05) is 0 Å². The lowest BCUT2D eigenvalue weighted by atomic mass is 9.95. The van der Waals surface area contributed by atoms with Gasteiger partial charge in [-0.05, 0) is 36.8 Å². The van der Waals surface area contributed by atoms with Gasteiger partial charge in [-0.15, -0.1) is 0 Å². The van der Waals surface area contributed by atoms with Crippen LogP contribution in [0.5, 0.6) is 5.75 Å². The molecule has 0 aliphatic carbocycles. The summed E-state index contributed by atoms with van der Waals surface area (Å²) in [6.45, 7) is 2.52. The number of unbranched alkanes of at least 4 members (excludes halogenated alkanes) is 1. The van der Waals surface area contributed by atoms with E-state index < -0.39 is 23.5 Å². The molecular weight excluding hydrogens is 425 g/mol. The molecule has 0 bridgehead atoms. The number of nitrogens with zero attached hydrogens (tertiary/aromatic N) is 1. The van der Waals surface area contributed by atoms with Crippen molar-refractivity contribution in [2.24, 2.45) is 0 Å². The van der Waals surface area contributed by atoms with Gasteiger partial charge in [0.25, 0.3) is 11.7 Å². The van der Waals surface area contributed by atoms with E-state index in [0.717, 1.165) is 12.8 Å². The van der Waals surface area contributed by atoms with Gasteiger partial charge in [0.05, 0.1) is 31.0 Å². The van der Waals surface area contributed by atoms with E-state index in [-0.39, 0.29) is 23.4 Å². The first-order valence-corrected chi connectivity index (χ1v) is 10.8. The van der Waals surface area contributed by atoms with Crippen LogP contribution < -0.4 is 4.74 Å². The molecule has 1 aliphatic heterocycles. The maximum Gasteiger partial charge on any atom is 0.296 e. The number of amides is 1. The third-order valence-electron chi connectivity index (χ3n) is 5.52. The molecule has 0 saturated carbocycles. The molecular formula is C26H24FNO5. The molecule has 0 spiro atoms. The average molecular weight is 449 g/mol. The van der Waals surface area contributed by atoms with E-state index in [4.69, 9.17) is 9.15 Å². The fraction of sp³-hybridized carbons (Fsp3) is 0.231. The summed E-state index contributed by atoms with van der Waals surface area (Å²) in [5, 5.41) is 11.1. The van der Waals surface area contributed by atoms with Gasteiger partial charge in [-0.25, -0.2) is 4.39 Å². The molecule has 1 aromatic heterocycles. The van der Waals surface area contributed by atoms with Crippen molar-refractivity contribution in [2.45, 2.75) is 32.4 Å². The number of hydrogen-bond acceptors (Lipinski definition) is 5. The lowest BCUT2D eigenvalue weighted by Crippen LogP contribution is -2.29. The van der Waals surface area contributed by atoms with Crippen LogP contribution in [-0.4, -0.2) is 28.3 Å². The highest BCUT2D eigenvalue weighted by Gasteiger charge is 2.47.